The number of nitrogens with zero attached hydrogens (tertiary/aromatic N) is 2. The number of hydrogen-bond acceptors (Lipinski definition) is 4. The summed E-state index contributed by atoms with van der Waals surface area (Å²) in [5, 5.41) is 3.59. The van der Waals surface area contributed by atoms with Crippen LogP contribution in [0, 0.1) is 6.92 Å². The highest BCUT2D eigenvalue weighted by molar-refractivity contribution is 7.92. The number of amides is 2. The molecule has 0 aromatic heterocycles. The fourth-order valence-electron chi connectivity index (χ4n) is 3.68. The zero-order valence-electron chi connectivity index (χ0n) is 20.6. The fourth-order valence-corrected chi connectivity index (χ4v) is 5.03. The number of carbonyl (C=O) groups is 2. The third-order valence-electron chi connectivity index (χ3n) is 5.57. The van der Waals surface area contributed by atoms with Crippen molar-refractivity contribution in [2.45, 2.75) is 52.6 Å². The molecule has 7 nitrogen and oxygen atoms in total. The normalized spacial score (nSPS) is 12.2. The second kappa shape index (κ2) is 13.1. The highest BCUT2D eigenvalue weighted by atomic mass is 35.5. The summed E-state index contributed by atoms with van der Waals surface area (Å²) in [7, 11) is -3.79. The molecule has 2 aromatic carbocycles. The van der Waals surface area contributed by atoms with Crippen LogP contribution in [0.3, 0.4) is 0 Å². The number of carbonyl (C=O) groups excluding carboxylic acids is 2. The van der Waals surface area contributed by atoms with Gasteiger partial charge in [-0.2, -0.15) is 0 Å². The van der Waals surface area contributed by atoms with E-state index in [1.54, 1.807) is 43.3 Å². The van der Waals surface area contributed by atoms with Gasteiger partial charge < -0.3 is 10.2 Å². The van der Waals surface area contributed by atoms with E-state index in [1.165, 1.54) is 4.90 Å². The van der Waals surface area contributed by atoms with Gasteiger partial charge in [0.2, 0.25) is 21.8 Å². The molecule has 0 aliphatic carbocycles. The van der Waals surface area contributed by atoms with Gasteiger partial charge in [0.15, 0.2) is 0 Å². The van der Waals surface area contributed by atoms with Gasteiger partial charge in [0.25, 0.3) is 0 Å². The van der Waals surface area contributed by atoms with Crippen molar-refractivity contribution in [3.05, 3.63) is 63.6 Å². The van der Waals surface area contributed by atoms with Gasteiger partial charge in [0.1, 0.15) is 12.6 Å². The van der Waals surface area contributed by atoms with Crippen LogP contribution in [0.4, 0.5) is 5.69 Å². The van der Waals surface area contributed by atoms with Crippen LogP contribution in [0.25, 0.3) is 0 Å². The maximum atomic E-state index is 13.7. The van der Waals surface area contributed by atoms with Gasteiger partial charge in [-0.05, 0) is 49.6 Å². The largest absolute Gasteiger partial charge is 0.354 e. The molecule has 0 spiro atoms. The Morgan fingerprint density at radius 3 is 2.23 bits per heavy atom. The van der Waals surface area contributed by atoms with Gasteiger partial charge in [-0.3, -0.25) is 13.9 Å². The summed E-state index contributed by atoms with van der Waals surface area (Å²) in [6.45, 7) is 5.63. The Bertz CT molecular complexity index is 1120. The second-order valence-corrected chi connectivity index (χ2v) is 11.1. The van der Waals surface area contributed by atoms with Gasteiger partial charge in [-0.25, -0.2) is 8.42 Å². The zero-order chi connectivity index (χ0) is 26.2. The Morgan fingerprint density at radius 1 is 1.06 bits per heavy atom. The summed E-state index contributed by atoms with van der Waals surface area (Å²) in [6.07, 6.45) is 3.10. The van der Waals surface area contributed by atoms with Crippen LogP contribution in [0.15, 0.2) is 42.5 Å². The molecular formula is C25H33Cl2N3O4S. The van der Waals surface area contributed by atoms with Crippen molar-refractivity contribution >= 4 is 50.7 Å². The number of nitrogens with one attached hydrogen (secondary N) is 1. The van der Waals surface area contributed by atoms with Crippen LogP contribution < -0.4 is 9.62 Å². The third-order valence-corrected chi connectivity index (χ3v) is 7.42. The number of aryl methyl sites for hydroxylation is 1. The first-order chi connectivity index (χ1) is 16.5. The van der Waals surface area contributed by atoms with Gasteiger partial charge in [0.05, 0.1) is 11.9 Å². The lowest BCUT2D eigenvalue weighted by Gasteiger charge is -2.33. The van der Waals surface area contributed by atoms with Crippen LogP contribution in [-0.2, 0) is 26.2 Å². The van der Waals surface area contributed by atoms with Crippen LogP contribution in [-0.4, -0.2) is 50.5 Å². The average molecular weight is 543 g/mol. The van der Waals surface area contributed by atoms with E-state index in [1.807, 2.05) is 19.9 Å². The molecule has 2 amide bonds. The summed E-state index contributed by atoms with van der Waals surface area (Å²) in [4.78, 5) is 28.1. The van der Waals surface area contributed by atoms with E-state index in [2.05, 4.69) is 5.32 Å². The van der Waals surface area contributed by atoms with E-state index in [9.17, 15) is 18.0 Å². The number of halogens is 2. The number of hydrogen-bond donors (Lipinski definition) is 1. The lowest BCUT2D eigenvalue weighted by atomic mass is 10.1. The second-order valence-electron chi connectivity index (χ2n) is 8.40. The van der Waals surface area contributed by atoms with Crippen molar-refractivity contribution in [1.29, 1.82) is 0 Å². The SMILES string of the molecule is CCCCNC(=O)[C@H](CC)N(Cc1c(Cl)cccc1Cl)C(=O)CN(c1cccc(C)c1)S(C)(=O)=O. The monoisotopic (exact) mass is 541 g/mol. The molecule has 1 N–H and O–H groups in total. The van der Waals surface area contributed by atoms with E-state index in [0.717, 1.165) is 29.0 Å². The van der Waals surface area contributed by atoms with E-state index in [-0.39, 0.29) is 12.5 Å². The molecule has 0 saturated carbocycles. The van der Waals surface area contributed by atoms with Crippen LogP contribution in [0.5, 0.6) is 0 Å². The topological polar surface area (TPSA) is 86.8 Å². The Hall–Kier alpha value is -2.29. The third kappa shape index (κ3) is 8.12. The van der Waals surface area contributed by atoms with E-state index in [0.29, 0.717) is 34.3 Å². The van der Waals surface area contributed by atoms with Crippen molar-refractivity contribution in [2.75, 3.05) is 23.7 Å². The molecular weight excluding hydrogens is 509 g/mol. The van der Waals surface area contributed by atoms with Gasteiger partial charge in [-0.15, -0.1) is 0 Å². The molecule has 2 rings (SSSR count). The summed E-state index contributed by atoms with van der Waals surface area (Å²) in [5.74, 6) is -0.843. The van der Waals surface area contributed by atoms with Gasteiger partial charge >= 0.3 is 0 Å². The molecule has 192 valence electrons. The van der Waals surface area contributed by atoms with Crippen molar-refractivity contribution < 1.29 is 18.0 Å². The predicted molar refractivity (Wildman–Crippen MR) is 142 cm³/mol. The number of sulfonamides is 1. The fraction of sp³-hybridized carbons (Fsp3) is 0.440. The smallest absolute Gasteiger partial charge is 0.244 e. The summed E-state index contributed by atoms with van der Waals surface area (Å²) in [5.41, 5.74) is 1.72. The highest BCUT2D eigenvalue weighted by Crippen LogP contribution is 2.27. The molecule has 0 fully saturated rings. The molecule has 0 aliphatic rings. The molecule has 0 radical (unpaired) electrons. The maximum absolute atomic E-state index is 13.7. The molecule has 0 saturated heterocycles. The van der Waals surface area contributed by atoms with Crippen LogP contribution in [0.1, 0.15) is 44.2 Å². The molecule has 10 heteroatoms. The van der Waals surface area contributed by atoms with E-state index < -0.39 is 28.5 Å². The molecule has 35 heavy (non-hydrogen) atoms. The summed E-state index contributed by atoms with van der Waals surface area (Å²) < 4.78 is 26.3. The molecule has 2 aromatic rings. The minimum Gasteiger partial charge on any atom is -0.354 e. The predicted octanol–water partition coefficient (Wildman–Crippen LogP) is 4.79. The van der Waals surface area contributed by atoms with Gasteiger partial charge in [-0.1, -0.05) is 61.7 Å². The average Bonchev–Trinajstić information content (AvgIpc) is 2.78. The first-order valence-electron chi connectivity index (χ1n) is 11.5. The Kier molecular flexibility index (Phi) is 10.9. The molecule has 0 bridgehead atoms. The minimum atomic E-state index is -3.79. The van der Waals surface area contributed by atoms with Crippen LogP contribution >= 0.6 is 23.2 Å². The minimum absolute atomic E-state index is 0.0392. The lowest BCUT2D eigenvalue weighted by Crippen LogP contribution is -2.52. The van der Waals surface area contributed by atoms with Gasteiger partial charge in [0, 0.05) is 28.7 Å². The zero-order valence-corrected chi connectivity index (χ0v) is 22.9. The molecule has 0 aliphatic heterocycles. The highest BCUT2D eigenvalue weighted by Gasteiger charge is 2.32. The number of rotatable bonds is 12. The summed E-state index contributed by atoms with van der Waals surface area (Å²) >= 11 is 12.7. The number of anilines is 1. The van der Waals surface area contributed by atoms with Crippen molar-refractivity contribution in [3.8, 4) is 0 Å². The maximum Gasteiger partial charge on any atom is 0.244 e. The quantitative estimate of drug-likeness (QED) is 0.391. The Labute approximate surface area is 218 Å². The lowest BCUT2D eigenvalue weighted by molar-refractivity contribution is -0.140. The standard InChI is InChI=1S/C25H33Cl2N3O4S/c1-5-7-14-28-25(32)23(6-2)29(16-20-21(26)12-9-13-22(20)27)24(31)17-30(35(4,33)34)19-11-8-10-18(3)15-19/h8-13,15,23H,5-7,14,16-17H2,1-4H3,(H,28,32)/t23-/m0/s1. The Morgan fingerprint density at radius 2 is 1.69 bits per heavy atom. The van der Waals surface area contributed by atoms with E-state index >= 15 is 0 Å². The molecule has 0 unspecified atom stereocenters. The Balaban J connectivity index is 2.46. The van der Waals surface area contributed by atoms with Crippen molar-refractivity contribution in [3.63, 3.8) is 0 Å². The first-order valence-corrected chi connectivity index (χ1v) is 14.1. The van der Waals surface area contributed by atoms with E-state index in [4.69, 9.17) is 23.2 Å². The number of benzene rings is 2. The summed E-state index contributed by atoms with van der Waals surface area (Å²) in [6, 6.07) is 11.1. The molecule has 0 heterocycles. The molecule has 1 atom stereocenters. The van der Waals surface area contributed by atoms with Crippen molar-refractivity contribution in [1.82, 2.24) is 10.2 Å². The van der Waals surface area contributed by atoms with Crippen LogP contribution in [0.2, 0.25) is 10.0 Å². The number of unbranched alkanes of at least 4 members (excludes halogenated alkanes) is 1. The first kappa shape index (κ1) is 28.9. The van der Waals surface area contributed by atoms with Crippen molar-refractivity contribution in [2.24, 2.45) is 0 Å².